The van der Waals surface area contributed by atoms with Gasteiger partial charge in [0.1, 0.15) is 11.6 Å². The maximum Gasteiger partial charge on any atom is 0.419 e. The number of rotatable bonds is 11. The van der Waals surface area contributed by atoms with Crippen LogP contribution in [0.5, 0.6) is 5.75 Å². The van der Waals surface area contributed by atoms with Crippen molar-refractivity contribution in [3.05, 3.63) is 70.5 Å². The van der Waals surface area contributed by atoms with Crippen molar-refractivity contribution < 1.29 is 22.3 Å². The molecule has 1 aliphatic rings. The molecule has 192 valence electrons. The lowest BCUT2D eigenvalue weighted by Gasteiger charge is -2.26. The number of allylic oxidation sites excluding steroid dienone is 1. The lowest BCUT2D eigenvalue weighted by molar-refractivity contribution is -0.140. The molecule has 3 rings (SSSR count). The Morgan fingerprint density at radius 2 is 1.63 bits per heavy atom. The highest BCUT2D eigenvalue weighted by Gasteiger charge is 2.37. The summed E-state index contributed by atoms with van der Waals surface area (Å²) in [7, 11) is 0. The lowest BCUT2D eigenvalue weighted by Crippen LogP contribution is -2.14. The third-order valence-electron chi connectivity index (χ3n) is 7.11. The topological polar surface area (TPSA) is 9.23 Å². The largest absolute Gasteiger partial charge is 0.494 e. The summed E-state index contributed by atoms with van der Waals surface area (Å²) >= 11 is 0. The number of ether oxygens (including phenoxy) is 1. The minimum atomic E-state index is -4.74. The van der Waals surface area contributed by atoms with Crippen LogP contribution in [0.1, 0.15) is 87.5 Å². The minimum absolute atomic E-state index is 0.0788. The molecule has 0 atom stereocenters. The van der Waals surface area contributed by atoms with Crippen LogP contribution in [0.15, 0.2) is 42.5 Å². The van der Waals surface area contributed by atoms with Gasteiger partial charge in [-0.2, -0.15) is 13.2 Å². The van der Waals surface area contributed by atoms with E-state index in [0.29, 0.717) is 13.0 Å². The third kappa shape index (κ3) is 8.12. The van der Waals surface area contributed by atoms with Crippen molar-refractivity contribution in [2.45, 2.75) is 84.2 Å². The maximum absolute atomic E-state index is 15.1. The molecule has 0 aliphatic heterocycles. The maximum atomic E-state index is 15.1. The Kier molecular flexibility index (Phi) is 10.2. The number of hydrogen-bond acceptors (Lipinski definition) is 1. The monoisotopic (exact) mass is 490 g/mol. The molecule has 0 bridgehead atoms. The second-order valence-electron chi connectivity index (χ2n) is 9.71. The SMILES string of the molecule is CCCCCC1CCC(C=Cc2ccc(CCc3ccc(OCC)cc3)c(F)c2C(F)(F)F)CC1. The van der Waals surface area contributed by atoms with Crippen LogP contribution in [0.25, 0.3) is 6.08 Å². The Balaban J connectivity index is 1.66. The smallest absolute Gasteiger partial charge is 0.419 e. The van der Waals surface area contributed by atoms with E-state index in [2.05, 4.69) is 6.92 Å². The Morgan fingerprint density at radius 1 is 0.914 bits per heavy atom. The van der Waals surface area contributed by atoms with Crippen molar-refractivity contribution in [3.8, 4) is 5.75 Å². The molecule has 2 aromatic carbocycles. The second-order valence-corrected chi connectivity index (χ2v) is 9.71. The summed E-state index contributed by atoms with van der Waals surface area (Å²) in [6.07, 6.45) is 8.53. The molecule has 1 aliphatic carbocycles. The van der Waals surface area contributed by atoms with E-state index in [-0.39, 0.29) is 23.5 Å². The third-order valence-corrected chi connectivity index (χ3v) is 7.11. The molecule has 5 heteroatoms. The van der Waals surface area contributed by atoms with E-state index < -0.39 is 17.6 Å². The highest BCUT2D eigenvalue weighted by molar-refractivity contribution is 5.56. The molecule has 2 aromatic rings. The zero-order chi connectivity index (χ0) is 25.3. The summed E-state index contributed by atoms with van der Waals surface area (Å²) in [5, 5.41) is 0. The molecule has 0 heterocycles. The van der Waals surface area contributed by atoms with Gasteiger partial charge < -0.3 is 4.74 Å². The van der Waals surface area contributed by atoms with Gasteiger partial charge in [-0.05, 0) is 86.1 Å². The van der Waals surface area contributed by atoms with Crippen LogP contribution in [0.4, 0.5) is 17.6 Å². The molecule has 1 saturated carbocycles. The number of halogens is 4. The molecule has 1 fully saturated rings. The summed E-state index contributed by atoms with van der Waals surface area (Å²) in [4.78, 5) is 0. The molecule has 0 spiro atoms. The van der Waals surface area contributed by atoms with Gasteiger partial charge in [-0.3, -0.25) is 0 Å². The first-order valence-electron chi connectivity index (χ1n) is 13.1. The van der Waals surface area contributed by atoms with Crippen LogP contribution in [0.2, 0.25) is 0 Å². The first kappa shape index (κ1) is 27.3. The highest BCUT2D eigenvalue weighted by atomic mass is 19.4. The normalized spacial score (nSPS) is 18.8. The number of aryl methyl sites for hydroxylation is 2. The number of benzene rings is 2. The Bertz CT molecular complexity index is 938. The number of hydrogen-bond donors (Lipinski definition) is 0. The van der Waals surface area contributed by atoms with Gasteiger partial charge in [0.05, 0.1) is 12.2 Å². The Hall–Kier alpha value is -2.30. The summed E-state index contributed by atoms with van der Waals surface area (Å²) in [5.41, 5.74) is -0.206. The first-order valence-corrected chi connectivity index (χ1v) is 13.1. The van der Waals surface area contributed by atoms with E-state index in [0.717, 1.165) is 42.9 Å². The average molecular weight is 491 g/mol. The van der Waals surface area contributed by atoms with Gasteiger partial charge >= 0.3 is 6.18 Å². The van der Waals surface area contributed by atoms with Gasteiger partial charge in [-0.1, -0.05) is 69.0 Å². The molecule has 1 nitrogen and oxygen atoms in total. The predicted octanol–water partition coefficient (Wildman–Crippen LogP) is 9.43. The molecular weight excluding hydrogens is 452 g/mol. The Labute approximate surface area is 207 Å². The Morgan fingerprint density at radius 3 is 2.26 bits per heavy atom. The summed E-state index contributed by atoms with van der Waals surface area (Å²) in [6, 6.07) is 10.3. The zero-order valence-corrected chi connectivity index (χ0v) is 21.0. The molecule has 0 radical (unpaired) electrons. The van der Waals surface area contributed by atoms with Crippen LogP contribution >= 0.6 is 0 Å². The second kappa shape index (κ2) is 13.1. The molecule has 0 saturated heterocycles. The van der Waals surface area contributed by atoms with Crippen LogP contribution in [0, 0.1) is 17.7 Å². The van der Waals surface area contributed by atoms with Crippen LogP contribution < -0.4 is 4.74 Å². The van der Waals surface area contributed by atoms with Gasteiger partial charge in [0.15, 0.2) is 0 Å². The quantitative estimate of drug-likeness (QED) is 0.225. The molecule has 0 amide bonds. The summed E-state index contributed by atoms with van der Waals surface area (Å²) in [6.45, 7) is 4.66. The fourth-order valence-electron chi connectivity index (χ4n) is 5.04. The van der Waals surface area contributed by atoms with Crippen molar-refractivity contribution in [3.63, 3.8) is 0 Å². The van der Waals surface area contributed by atoms with E-state index in [1.54, 1.807) is 0 Å². The fraction of sp³-hybridized carbons (Fsp3) is 0.533. The zero-order valence-electron chi connectivity index (χ0n) is 21.0. The van der Waals surface area contributed by atoms with Crippen molar-refractivity contribution in [2.75, 3.05) is 6.61 Å². The molecular formula is C30H38F4O. The van der Waals surface area contributed by atoms with Gasteiger partial charge in [-0.25, -0.2) is 4.39 Å². The van der Waals surface area contributed by atoms with E-state index in [1.807, 2.05) is 37.3 Å². The number of alkyl halides is 3. The minimum Gasteiger partial charge on any atom is -0.494 e. The van der Waals surface area contributed by atoms with E-state index in [1.165, 1.54) is 43.9 Å². The van der Waals surface area contributed by atoms with E-state index >= 15 is 4.39 Å². The van der Waals surface area contributed by atoms with Crippen molar-refractivity contribution in [2.24, 2.45) is 11.8 Å². The predicted molar refractivity (Wildman–Crippen MR) is 135 cm³/mol. The molecule has 0 aromatic heterocycles. The van der Waals surface area contributed by atoms with Gasteiger partial charge in [-0.15, -0.1) is 0 Å². The van der Waals surface area contributed by atoms with Crippen LogP contribution in [-0.4, -0.2) is 6.61 Å². The fourth-order valence-corrected chi connectivity index (χ4v) is 5.04. The van der Waals surface area contributed by atoms with Gasteiger partial charge in [0.25, 0.3) is 0 Å². The summed E-state index contributed by atoms with van der Waals surface area (Å²) < 4.78 is 62.0. The lowest BCUT2D eigenvalue weighted by atomic mass is 9.79. The molecule has 0 unspecified atom stereocenters. The highest BCUT2D eigenvalue weighted by Crippen LogP contribution is 2.38. The van der Waals surface area contributed by atoms with Gasteiger partial charge in [0, 0.05) is 0 Å². The van der Waals surface area contributed by atoms with Gasteiger partial charge in [0.2, 0.25) is 0 Å². The van der Waals surface area contributed by atoms with E-state index in [4.69, 9.17) is 4.74 Å². The van der Waals surface area contributed by atoms with Crippen molar-refractivity contribution in [1.29, 1.82) is 0 Å². The van der Waals surface area contributed by atoms with E-state index in [9.17, 15) is 13.2 Å². The number of unbranched alkanes of at least 4 members (excludes halogenated alkanes) is 2. The van der Waals surface area contributed by atoms with Crippen LogP contribution in [-0.2, 0) is 19.0 Å². The summed E-state index contributed by atoms with van der Waals surface area (Å²) in [5.74, 6) is 0.595. The average Bonchev–Trinajstić information content (AvgIpc) is 2.83. The van der Waals surface area contributed by atoms with Crippen molar-refractivity contribution in [1.82, 2.24) is 0 Å². The van der Waals surface area contributed by atoms with Crippen molar-refractivity contribution >= 4 is 6.08 Å². The van der Waals surface area contributed by atoms with Crippen LogP contribution in [0.3, 0.4) is 0 Å². The standard InChI is InChI=1S/C30H38F4O/c1-3-5-6-7-22-8-10-23(11-9-22)12-16-25-18-19-26(29(31)28(25)30(32,33)34)17-13-24-14-20-27(21-15-24)35-4-2/h12,14-16,18-23H,3-11,13,17H2,1-2H3. The first-order chi connectivity index (χ1) is 16.8. The molecule has 0 N–H and O–H groups in total. The molecule has 35 heavy (non-hydrogen) atoms.